The van der Waals surface area contributed by atoms with Crippen LogP contribution in [0.3, 0.4) is 0 Å². The molecule has 1 unspecified atom stereocenters. The summed E-state index contributed by atoms with van der Waals surface area (Å²) in [5.74, 6) is 1.15. The highest BCUT2D eigenvalue weighted by atomic mass is 32.2. The van der Waals surface area contributed by atoms with E-state index in [-0.39, 0.29) is 0 Å². The van der Waals surface area contributed by atoms with Crippen molar-refractivity contribution in [3.8, 4) is 0 Å². The molecular formula is C14H26N2S2. The summed E-state index contributed by atoms with van der Waals surface area (Å²) in [6, 6.07) is 0.538. The van der Waals surface area contributed by atoms with Gasteiger partial charge in [-0.05, 0) is 19.9 Å². The van der Waals surface area contributed by atoms with Crippen LogP contribution >= 0.6 is 23.1 Å². The van der Waals surface area contributed by atoms with Crippen molar-refractivity contribution in [1.82, 2.24) is 10.3 Å². The van der Waals surface area contributed by atoms with Crippen LogP contribution in [0.1, 0.15) is 44.8 Å². The lowest BCUT2D eigenvalue weighted by molar-refractivity contribution is 0.544. The van der Waals surface area contributed by atoms with Crippen LogP contribution in [0.2, 0.25) is 0 Å². The number of nitrogens with one attached hydrogen (secondary N) is 1. The van der Waals surface area contributed by atoms with Crippen LogP contribution in [0.4, 0.5) is 0 Å². The van der Waals surface area contributed by atoms with Crippen LogP contribution in [-0.2, 0) is 6.42 Å². The fraction of sp³-hybridized carbons (Fsp3) is 0.786. The van der Waals surface area contributed by atoms with Gasteiger partial charge in [0.25, 0.3) is 0 Å². The molecule has 0 saturated carbocycles. The van der Waals surface area contributed by atoms with E-state index in [0.29, 0.717) is 10.8 Å². The summed E-state index contributed by atoms with van der Waals surface area (Å²) in [6.07, 6.45) is 2.24. The Hall–Kier alpha value is -0.0600. The maximum atomic E-state index is 4.57. The summed E-state index contributed by atoms with van der Waals surface area (Å²) in [5.41, 5.74) is 1.24. The third-order valence-electron chi connectivity index (χ3n) is 2.52. The fourth-order valence-corrected chi connectivity index (χ4v) is 3.21. The molecule has 1 aromatic rings. The van der Waals surface area contributed by atoms with Crippen molar-refractivity contribution >= 4 is 23.1 Å². The largest absolute Gasteiger partial charge is 0.313 e. The summed E-state index contributed by atoms with van der Waals surface area (Å²) in [4.78, 5) is 4.57. The lowest BCUT2D eigenvalue weighted by atomic mass is 10.2. The molecule has 1 N–H and O–H groups in total. The van der Waals surface area contributed by atoms with E-state index >= 15 is 0 Å². The predicted molar refractivity (Wildman–Crippen MR) is 84.8 cm³/mol. The number of rotatable bonds is 7. The number of thiazole rings is 1. The quantitative estimate of drug-likeness (QED) is 0.823. The van der Waals surface area contributed by atoms with Crippen molar-refractivity contribution in [3.05, 3.63) is 16.1 Å². The minimum atomic E-state index is 0.337. The molecule has 0 fully saturated rings. The highest BCUT2D eigenvalue weighted by Gasteiger charge is 2.16. The average Bonchev–Trinajstić information content (AvgIpc) is 2.67. The molecule has 0 aliphatic rings. The Kier molecular flexibility index (Phi) is 6.67. The van der Waals surface area contributed by atoms with Crippen LogP contribution in [0, 0.1) is 6.92 Å². The molecule has 0 radical (unpaired) electrons. The molecule has 0 aliphatic carbocycles. The molecule has 0 saturated heterocycles. The van der Waals surface area contributed by atoms with Crippen LogP contribution in [0.5, 0.6) is 0 Å². The maximum absolute atomic E-state index is 4.57. The number of aromatic nitrogens is 1. The minimum absolute atomic E-state index is 0.337. The second-order valence-corrected chi connectivity index (χ2v) is 8.55. The SMILES string of the molecule is CCCNC(CSC(C)(C)C)Cc1csc(C)n1. The molecule has 1 aromatic heterocycles. The first-order chi connectivity index (χ1) is 8.40. The number of hydrogen-bond donors (Lipinski definition) is 1. The zero-order valence-corrected chi connectivity index (χ0v) is 13.9. The van der Waals surface area contributed by atoms with E-state index in [1.165, 1.54) is 17.1 Å². The van der Waals surface area contributed by atoms with E-state index in [1.807, 2.05) is 11.8 Å². The molecule has 2 nitrogen and oxygen atoms in total. The molecule has 18 heavy (non-hydrogen) atoms. The summed E-state index contributed by atoms with van der Waals surface area (Å²) < 4.78 is 0.337. The predicted octanol–water partition coefficient (Wildman–Crippen LogP) is 3.89. The first-order valence-corrected chi connectivity index (χ1v) is 8.55. The van der Waals surface area contributed by atoms with Crippen LogP contribution in [0.25, 0.3) is 0 Å². The smallest absolute Gasteiger partial charge is 0.0897 e. The van der Waals surface area contributed by atoms with E-state index < -0.39 is 0 Å². The standard InChI is InChI=1S/C14H26N2S2/c1-6-7-15-12(10-18-14(3,4)5)8-13-9-17-11(2)16-13/h9,12,15H,6-8,10H2,1-5H3. The van der Waals surface area contributed by atoms with Gasteiger partial charge in [-0.25, -0.2) is 4.98 Å². The molecule has 4 heteroatoms. The topological polar surface area (TPSA) is 24.9 Å². The van der Waals surface area contributed by atoms with Gasteiger partial charge in [-0.1, -0.05) is 27.7 Å². The number of thioether (sulfide) groups is 1. The summed E-state index contributed by atoms with van der Waals surface area (Å²) >= 11 is 3.78. The Bertz CT molecular complexity index is 342. The van der Waals surface area contributed by atoms with Gasteiger partial charge in [0.1, 0.15) is 0 Å². The van der Waals surface area contributed by atoms with Gasteiger partial charge < -0.3 is 5.32 Å². The van der Waals surface area contributed by atoms with E-state index in [2.05, 4.69) is 50.3 Å². The van der Waals surface area contributed by atoms with E-state index in [9.17, 15) is 0 Å². The van der Waals surface area contributed by atoms with Gasteiger partial charge in [-0.15, -0.1) is 11.3 Å². The first-order valence-electron chi connectivity index (χ1n) is 6.69. The lowest BCUT2D eigenvalue weighted by Crippen LogP contribution is -2.35. The molecule has 1 atom stereocenters. The van der Waals surface area contributed by atoms with E-state index in [0.717, 1.165) is 18.7 Å². The molecule has 0 bridgehead atoms. The normalized spacial score (nSPS) is 13.8. The number of hydrogen-bond acceptors (Lipinski definition) is 4. The van der Waals surface area contributed by atoms with Crippen LogP contribution in [0.15, 0.2) is 5.38 Å². The second kappa shape index (κ2) is 7.51. The number of aryl methyl sites for hydroxylation is 1. The highest BCUT2D eigenvalue weighted by Crippen LogP contribution is 2.24. The molecular weight excluding hydrogens is 260 g/mol. The van der Waals surface area contributed by atoms with Crippen molar-refractivity contribution < 1.29 is 0 Å². The Morgan fingerprint density at radius 2 is 2.17 bits per heavy atom. The van der Waals surface area contributed by atoms with Gasteiger partial charge in [-0.3, -0.25) is 0 Å². The van der Waals surface area contributed by atoms with Crippen LogP contribution in [-0.4, -0.2) is 28.1 Å². The maximum Gasteiger partial charge on any atom is 0.0897 e. The minimum Gasteiger partial charge on any atom is -0.313 e. The third-order valence-corrected chi connectivity index (χ3v) is 4.78. The molecule has 0 spiro atoms. The zero-order chi connectivity index (χ0) is 13.6. The van der Waals surface area contributed by atoms with Crippen molar-refractivity contribution in [2.24, 2.45) is 0 Å². The molecule has 0 aromatic carbocycles. The van der Waals surface area contributed by atoms with Crippen LogP contribution < -0.4 is 5.32 Å². The van der Waals surface area contributed by atoms with E-state index in [4.69, 9.17) is 0 Å². The third kappa shape index (κ3) is 6.76. The van der Waals surface area contributed by atoms with Crippen molar-refractivity contribution in [3.63, 3.8) is 0 Å². The average molecular weight is 287 g/mol. The zero-order valence-electron chi connectivity index (χ0n) is 12.2. The second-order valence-electron chi connectivity index (χ2n) is 5.64. The Balaban J connectivity index is 2.49. The summed E-state index contributed by atoms with van der Waals surface area (Å²) in [6.45, 7) is 12.2. The Morgan fingerprint density at radius 1 is 1.44 bits per heavy atom. The van der Waals surface area contributed by atoms with Crippen molar-refractivity contribution in [2.75, 3.05) is 12.3 Å². The van der Waals surface area contributed by atoms with Crippen molar-refractivity contribution in [2.45, 2.75) is 58.2 Å². The monoisotopic (exact) mass is 286 g/mol. The lowest BCUT2D eigenvalue weighted by Gasteiger charge is -2.23. The fourth-order valence-electron chi connectivity index (χ4n) is 1.64. The van der Waals surface area contributed by atoms with Gasteiger partial charge >= 0.3 is 0 Å². The molecule has 0 amide bonds. The Labute approximate surface area is 120 Å². The van der Waals surface area contributed by atoms with Crippen molar-refractivity contribution in [1.29, 1.82) is 0 Å². The molecule has 1 rings (SSSR count). The number of nitrogens with zero attached hydrogens (tertiary/aromatic N) is 1. The molecule has 104 valence electrons. The summed E-state index contributed by atoms with van der Waals surface area (Å²) in [5, 5.41) is 7.00. The molecule has 0 aliphatic heterocycles. The van der Waals surface area contributed by atoms with Gasteiger partial charge in [0.2, 0.25) is 0 Å². The first kappa shape index (κ1) is 16.0. The van der Waals surface area contributed by atoms with Gasteiger partial charge in [0.15, 0.2) is 0 Å². The highest BCUT2D eigenvalue weighted by molar-refractivity contribution is 8.00. The Morgan fingerprint density at radius 3 is 2.67 bits per heavy atom. The van der Waals surface area contributed by atoms with Gasteiger partial charge in [0, 0.05) is 28.3 Å². The van der Waals surface area contributed by atoms with Gasteiger partial charge in [-0.2, -0.15) is 11.8 Å². The molecule has 1 heterocycles. The van der Waals surface area contributed by atoms with E-state index in [1.54, 1.807) is 11.3 Å². The summed E-state index contributed by atoms with van der Waals surface area (Å²) in [7, 11) is 0. The van der Waals surface area contributed by atoms with Gasteiger partial charge in [0.05, 0.1) is 10.7 Å².